The van der Waals surface area contributed by atoms with Gasteiger partial charge in [-0.05, 0) is 0 Å². The molecule has 4 heterocycles. The molecule has 11 heteroatoms. The molecule has 1 aliphatic rings. The van der Waals surface area contributed by atoms with Crippen LogP contribution in [0.4, 0.5) is 5.82 Å². The Bertz CT molecular complexity index is 923. The van der Waals surface area contributed by atoms with E-state index >= 15 is 0 Å². The minimum atomic E-state index is -1.24. The van der Waals surface area contributed by atoms with Gasteiger partial charge in [-0.25, -0.2) is 15.0 Å². The molecule has 0 aliphatic carbocycles. The lowest BCUT2D eigenvalue weighted by Crippen LogP contribution is -2.33. The lowest BCUT2D eigenvalue weighted by molar-refractivity contribution is -0.0511. The topological polar surface area (TPSA) is 157 Å². The predicted molar refractivity (Wildman–Crippen MR) is 84.9 cm³/mol. The number of fused-ring (bicyclic) bond motifs is 1. The SMILES string of the molecule is Cn1cc(-c2nc(N)c3ncn([C@@H]4O[C@H](CO)[C@@H](O)[C@H]4O)c3n2)cn1. The van der Waals surface area contributed by atoms with Gasteiger partial charge in [0.15, 0.2) is 23.5 Å². The molecular formula is C14H17N7O4. The van der Waals surface area contributed by atoms with Crippen molar-refractivity contribution in [2.24, 2.45) is 7.05 Å². The lowest BCUT2D eigenvalue weighted by atomic mass is 10.1. The number of ether oxygens (including phenoxy) is 1. The molecule has 0 unspecified atom stereocenters. The van der Waals surface area contributed by atoms with E-state index in [0.717, 1.165) is 0 Å². The summed E-state index contributed by atoms with van der Waals surface area (Å²) in [5, 5.41) is 33.5. The van der Waals surface area contributed by atoms with Crippen LogP contribution < -0.4 is 5.73 Å². The summed E-state index contributed by atoms with van der Waals surface area (Å²) in [6, 6.07) is 0. The maximum atomic E-state index is 10.2. The van der Waals surface area contributed by atoms with Crippen LogP contribution in [0.2, 0.25) is 0 Å². The van der Waals surface area contributed by atoms with E-state index in [4.69, 9.17) is 10.5 Å². The minimum Gasteiger partial charge on any atom is -0.394 e. The Balaban J connectivity index is 1.82. The van der Waals surface area contributed by atoms with E-state index in [0.29, 0.717) is 22.6 Å². The second-order valence-electron chi connectivity index (χ2n) is 5.89. The van der Waals surface area contributed by atoms with Gasteiger partial charge in [-0.3, -0.25) is 9.25 Å². The summed E-state index contributed by atoms with van der Waals surface area (Å²) in [4.78, 5) is 12.9. The molecule has 25 heavy (non-hydrogen) atoms. The van der Waals surface area contributed by atoms with Gasteiger partial charge >= 0.3 is 0 Å². The molecule has 5 N–H and O–H groups in total. The monoisotopic (exact) mass is 347 g/mol. The summed E-state index contributed by atoms with van der Waals surface area (Å²) < 4.78 is 8.61. The molecule has 1 fully saturated rings. The number of nitrogen functional groups attached to an aromatic ring is 1. The third-order valence-corrected chi connectivity index (χ3v) is 4.20. The number of imidazole rings is 1. The van der Waals surface area contributed by atoms with Crippen molar-refractivity contribution in [1.29, 1.82) is 0 Å². The fraction of sp³-hybridized carbons (Fsp3) is 0.429. The van der Waals surface area contributed by atoms with E-state index in [1.807, 2.05) is 0 Å². The summed E-state index contributed by atoms with van der Waals surface area (Å²) in [5.41, 5.74) is 7.35. The van der Waals surface area contributed by atoms with Gasteiger partial charge in [0, 0.05) is 13.2 Å². The number of aliphatic hydroxyl groups excluding tert-OH is 3. The van der Waals surface area contributed by atoms with Crippen LogP contribution in [0.15, 0.2) is 18.7 Å². The van der Waals surface area contributed by atoms with Crippen LogP contribution in [0.25, 0.3) is 22.6 Å². The van der Waals surface area contributed by atoms with Crippen molar-refractivity contribution in [3.05, 3.63) is 18.7 Å². The molecule has 0 bridgehead atoms. The van der Waals surface area contributed by atoms with Crippen LogP contribution in [-0.4, -0.2) is 69.5 Å². The molecule has 0 radical (unpaired) electrons. The van der Waals surface area contributed by atoms with Crippen LogP contribution in [-0.2, 0) is 11.8 Å². The molecule has 132 valence electrons. The first-order valence-corrected chi connectivity index (χ1v) is 7.61. The number of nitrogens with two attached hydrogens (primary N) is 1. The van der Waals surface area contributed by atoms with E-state index in [1.165, 1.54) is 10.9 Å². The zero-order valence-electron chi connectivity index (χ0n) is 13.3. The number of nitrogens with zero attached hydrogens (tertiary/aromatic N) is 6. The number of rotatable bonds is 3. The molecule has 11 nitrogen and oxygen atoms in total. The van der Waals surface area contributed by atoms with Gasteiger partial charge in [-0.2, -0.15) is 5.10 Å². The summed E-state index contributed by atoms with van der Waals surface area (Å²) in [6.07, 6.45) is 0.449. The van der Waals surface area contributed by atoms with Crippen LogP contribution in [0.1, 0.15) is 6.23 Å². The molecule has 0 saturated carbocycles. The van der Waals surface area contributed by atoms with Crippen molar-refractivity contribution < 1.29 is 20.1 Å². The minimum absolute atomic E-state index is 0.175. The van der Waals surface area contributed by atoms with Crippen molar-refractivity contribution in [1.82, 2.24) is 29.3 Å². The Morgan fingerprint density at radius 3 is 2.72 bits per heavy atom. The molecule has 4 rings (SSSR count). The van der Waals surface area contributed by atoms with Crippen molar-refractivity contribution in [2.45, 2.75) is 24.5 Å². The third kappa shape index (κ3) is 2.44. The van der Waals surface area contributed by atoms with Gasteiger partial charge in [-0.1, -0.05) is 0 Å². The van der Waals surface area contributed by atoms with Crippen molar-refractivity contribution in [3.8, 4) is 11.4 Å². The summed E-state index contributed by atoms with van der Waals surface area (Å²) >= 11 is 0. The van der Waals surface area contributed by atoms with Crippen LogP contribution in [0.3, 0.4) is 0 Å². The van der Waals surface area contributed by atoms with Crippen LogP contribution in [0, 0.1) is 0 Å². The maximum absolute atomic E-state index is 10.2. The van der Waals surface area contributed by atoms with E-state index in [2.05, 4.69) is 20.1 Å². The standard InChI is InChI=1S/C14H17N7O4/c1-20-3-6(2-17-20)12-18-11(15)8-13(19-12)21(5-16-8)14-10(24)9(23)7(4-22)25-14/h2-3,5,7,9-10,14,22-24H,4H2,1H3,(H2,15,18,19)/t7-,9-,10-,14-/m1/s1. The van der Waals surface area contributed by atoms with Gasteiger partial charge in [0.1, 0.15) is 23.8 Å². The summed E-state index contributed by atoms with van der Waals surface area (Å²) in [5.74, 6) is 0.529. The maximum Gasteiger partial charge on any atom is 0.168 e. The Kier molecular flexibility index (Phi) is 3.65. The van der Waals surface area contributed by atoms with Crippen molar-refractivity contribution in [2.75, 3.05) is 12.3 Å². The fourth-order valence-electron chi connectivity index (χ4n) is 2.90. The van der Waals surface area contributed by atoms with E-state index in [1.54, 1.807) is 24.1 Å². The molecule has 4 atom stereocenters. The highest BCUT2D eigenvalue weighted by atomic mass is 16.6. The van der Waals surface area contributed by atoms with Gasteiger partial charge in [0.2, 0.25) is 0 Å². The normalized spacial score (nSPS) is 26.6. The fourth-order valence-corrected chi connectivity index (χ4v) is 2.90. The first-order valence-electron chi connectivity index (χ1n) is 7.61. The second-order valence-corrected chi connectivity index (χ2v) is 5.89. The number of aryl methyl sites for hydroxylation is 1. The Hall–Kier alpha value is -2.60. The molecule has 1 aliphatic heterocycles. The van der Waals surface area contributed by atoms with Crippen molar-refractivity contribution in [3.63, 3.8) is 0 Å². The number of aromatic nitrogens is 6. The molecular weight excluding hydrogens is 330 g/mol. The number of aliphatic hydroxyl groups is 3. The molecule has 3 aromatic heterocycles. The zero-order valence-corrected chi connectivity index (χ0v) is 13.3. The summed E-state index contributed by atoms with van der Waals surface area (Å²) in [7, 11) is 1.77. The highest BCUT2D eigenvalue weighted by Crippen LogP contribution is 2.32. The van der Waals surface area contributed by atoms with E-state index in [9.17, 15) is 15.3 Å². The average Bonchev–Trinajstić information content (AvgIpc) is 3.27. The predicted octanol–water partition coefficient (Wildman–Crippen LogP) is -1.58. The number of anilines is 1. The van der Waals surface area contributed by atoms with Gasteiger partial charge in [-0.15, -0.1) is 0 Å². The first kappa shape index (κ1) is 15.9. The van der Waals surface area contributed by atoms with Crippen LogP contribution >= 0.6 is 0 Å². The largest absolute Gasteiger partial charge is 0.394 e. The average molecular weight is 347 g/mol. The van der Waals surface area contributed by atoms with Gasteiger partial charge in [0.05, 0.1) is 24.7 Å². The second kappa shape index (κ2) is 5.74. The Morgan fingerprint density at radius 1 is 1.28 bits per heavy atom. The Labute approximate surface area is 141 Å². The number of hydrogen-bond donors (Lipinski definition) is 4. The van der Waals surface area contributed by atoms with Gasteiger partial charge < -0.3 is 25.8 Å². The summed E-state index contributed by atoms with van der Waals surface area (Å²) in [6.45, 7) is -0.417. The first-order chi connectivity index (χ1) is 12.0. The van der Waals surface area contributed by atoms with E-state index in [-0.39, 0.29) is 5.82 Å². The molecule has 3 aromatic rings. The van der Waals surface area contributed by atoms with Crippen LogP contribution in [0.5, 0.6) is 0 Å². The lowest BCUT2D eigenvalue weighted by Gasteiger charge is -2.16. The highest BCUT2D eigenvalue weighted by Gasteiger charge is 2.44. The highest BCUT2D eigenvalue weighted by molar-refractivity contribution is 5.83. The molecule has 0 aromatic carbocycles. The third-order valence-electron chi connectivity index (χ3n) is 4.20. The quantitative estimate of drug-likeness (QED) is 0.439. The molecule has 0 amide bonds. The smallest absolute Gasteiger partial charge is 0.168 e. The zero-order chi connectivity index (χ0) is 17.7. The van der Waals surface area contributed by atoms with Crippen molar-refractivity contribution >= 4 is 17.0 Å². The molecule has 1 saturated heterocycles. The van der Waals surface area contributed by atoms with E-state index < -0.39 is 31.1 Å². The van der Waals surface area contributed by atoms with Gasteiger partial charge in [0.25, 0.3) is 0 Å². The Morgan fingerprint density at radius 2 is 2.08 bits per heavy atom. The number of hydrogen-bond acceptors (Lipinski definition) is 9. The molecule has 0 spiro atoms.